The van der Waals surface area contributed by atoms with Crippen molar-refractivity contribution in [2.24, 2.45) is 0 Å². The lowest BCUT2D eigenvalue weighted by atomic mass is 9.73. The fourth-order valence-corrected chi connectivity index (χ4v) is 5.96. The number of carbonyl (C=O) groups excluding carboxylic acids is 1. The van der Waals surface area contributed by atoms with E-state index in [1.807, 2.05) is 12.4 Å². The summed E-state index contributed by atoms with van der Waals surface area (Å²) in [6.45, 7) is 6.98. The molecular formula is C26H34N4O. The number of carbonyl (C=O) groups is 1. The van der Waals surface area contributed by atoms with E-state index in [9.17, 15) is 4.79 Å². The van der Waals surface area contributed by atoms with Gasteiger partial charge in [-0.3, -0.25) is 14.7 Å². The number of piperidine rings is 1. The highest BCUT2D eigenvalue weighted by Gasteiger charge is 2.45. The van der Waals surface area contributed by atoms with Crippen LogP contribution in [0.15, 0.2) is 48.8 Å². The van der Waals surface area contributed by atoms with Crippen LogP contribution >= 0.6 is 0 Å². The van der Waals surface area contributed by atoms with Crippen molar-refractivity contribution in [2.75, 3.05) is 46.3 Å². The Bertz CT molecular complexity index is 899. The van der Waals surface area contributed by atoms with Crippen molar-refractivity contribution in [3.05, 3.63) is 65.5 Å². The van der Waals surface area contributed by atoms with Gasteiger partial charge in [-0.15, -0.1) is 0 Å². The van der Waals surface area contributed by atoms with E-state index in [0.717, 1.165) is 52.2 Å². The summed E-state index contributed by atoms with van der Waals surface area (Å²) in [5.74, 6) is 0.718. The maximum Gasteiger partial charge on any atom is 0.223 e. The second-order valence-electron chi connectivity index (χ2n) is 9.79. The molecule has 5 heteroatoms. The van der Waals surface area contributed by atoms with Crippen molar-refractivity contribution in [1.29, 1.82) is 0 Å². The second-order valence-corrected chi connectivity index (χ2v) is 9.79. The Morgan fingerprint density at radius 1 is 1.00 bits per heavy atom. The number of aromatic nitrogens is 1. The number of pyridine rings is 1. The smallest absolute Gasteiger partial charge is 0.223 e. The highest BCUT2D eigenvalue weighted by atomic mass is 16.2. The Kier molecular flexibility index (Phi) is 5.81. The molecule has 0 bridgehead atoms. The summed E-state index contributed by atoms with van der Waals surface area (Å²) < 4.78 is 0. The van der Waals surface area contributed by atoms with Crippen LogP contribution in [0.1, 0.15) is 48.3 Å². The lowest BCUT2D eigenvalue weighted by Gasteiger charge is -2.40. The molecule has 5 rings (SSSR count). The third-order valence-corrected chi connectivity index (χ3v) is 7.85. The van der Waals surface area contributed by atoms with Gasteiger partial charge in [0.2, 0.25) is 5.91 Å². The van der Waals surface area contributed by atoms with Gasteiger partial charge in [-0.05, 0) is 79.6 Å². The van der Waals surface area contributed by atoms with E-state index in [1.54, 1.807) is 0 Å². The molecule has 2 fully saturated rings. The third kappa shape index (κ3) is 4.26. The van der Waals surface area contributed by atoms with Gasteiger partial charge < -0.3 is 9.80 Å². The SMILES string of the molecule is CN1CCN(C(=O)C[C@@H]2CC3(CCN(Cc4ccncc4)CC3)c3ccccc32)CC1. The van der Waals surface area contributed by atoms with Crippen molar-refractivity contribution < 1.29 is 4.79 Å². The minimum absolute atomic E-state index is 0.248. The number of hydrogen-bond acceptors (Lipinski definition) is 4. The van der Waals surface area contributed by atoms with Crippen LogP contribution in [0.3, 0.4) is 0 Å². The summed E-state index contributed by atoms with van der Waals surface area (Å²) in [5.41, 5.74) is 4.55. The summed E-state index contributed by atoms with van der Waals surface area (Å²) in [6.07, 6.45) is 7.95. The summed E-state index contributed by atoms with van der Waals surface area (Å²) in [5, 5.41) is 0. The van der Waals surface area contributed by atoms with Crippen LogP contribution in [-0.4, -0.2) is 71.9 Å². The predicted molar refractivity (Wildman–Crippen MR) is 123 cm³/mol. The van der Waals surface area contributed by atoms with Crippen molar-refractivity contribution >= 4 is 5.91 Å². The number of likely N-dealkylation sites (tertiary alicyclic amines) is 1. The Balaban J connectivity index is 1.26. The molecule has 31 heavy (non-hydrogen) atoms. The Hall–Kier alpha value is -2.24. The molecule has 1 atom stereocenters. The van der Waals surface area contributed by atoms with E-state index in [0.29, 0.717) is 18.2 Å². The first kappa shape index (κ1) is 20.7. The minimum atomic E-state index is 0.248. The number of benzene rings is 1. The van der Waals surface area contributed by atoms with Gasteiger partial charge in [0, 0.05) is 51.5 Å². The van der Waals surface area contributed by atoms with Gasteiger partial charge in [-0.1, -0.05) is 24.3 Å². The molecule has 1 aromatic carbocycles. The average molecular weight is 419 g/mol. The van der Waals surface area contributed by atoms with E-state index >= 15 is 0 Å². The lowest BCUT2D eigenvalue weighted by molar-refractivity contribution is -0.133. The van der Waals surface area contributed by atoms with Crippen LogP contribution < -0.4 is 0 Å². The molecular weight excluding hydrogens is 384 g/mol. The summed E-state index contributed by atoms with van der Waals surface area (Å²) in [7, 11) is 2.14. The van der Waals surface area contributed by atoms with Gasteiger partial charge in [-0.2, -0.15) is 0 Å². The third-order valence-electron chi connectivity index (χ3n) is 7.85. The van der Waals surface area contributed by atoms with Gasteiger partial charge in [0.1, 0.15) is 0 Å². The molecule has 3 aliphatic rings. The molecule has 1 amide bonds. The molecule has 164 valence electrons. The fraction of sp³-hybridized carbons (Fsp3) is 0.538. The van der Waals surface area contributed by atoms with Crippen LogP contribution in [0.2, 0.25) is 0 Å². The summed E-state index contributed by atoms with van der Waals surface area (Å²) in [6, 6.07) is 13.2. The molecule has 1 spiro atoms. The molecule has 1 aliphatic carbocycles. The van der Waals surface area contributed by atoms with Crippen LogP contribution in [0.4, 0.5) is 0 Å². The van der Waals surface area contributed by atoms with Crippen molar-refractivity contribution in [3.63, 3.8) is 0 Å². The van der Waals surface area contributed by atoms with Gasteiger partial charge in [-0.25, -0.2) is 0 Å². The topological polar surface area (TPSA) is 39.7 Å². The van der Waals surface area contributed by atoms with Gasteiger partial charge >= 0.3 is 0 Å². The monoisotopic (exact) mass is 418 g/mol. The van der Waals surface area contributed by atoms with E-state index in [2.05, 4.69) is 63.1 Å². The quantitative estimate of drug-likeness (QED) is 0.764. The molecule has 2 aromatic rings. The Morgan fingerprint density at radius 2 is 1.71 bits per heavy atom. The number of hydrogen-bond donors (Lipinski definition) is 0. The van der Waals surface area contributed by atoms with Gasteiger partial charge in [0.15, 0.2) is 0 Å². The highest BCUT2D eigenvalue weighted by molar-refractivity contribution is 5.77. The molecule has 0 saturated carbocycles. The zero-order valence-corrected chi connectivity index (χ0v) is 18.7. The van der Waals surface area contributed by atoms with Crippen LogP contribution in [-0.2, 0) is 16.8 Å². The molecule has 1 aromatic heterocycles. The number of likely N-dealkylation sites (N-methyl/N-ethyl adjacent to an activating group) is 1. The van der Waals surface area contributed by atoms with Gasteiger partial charge in [0.25, 0.3) is 0 Å². The molecule has 0 N–H and O–H groups in total. The van der Waals surface area contributed by atoms with Crippen LogP contribution in [0.25, 0.3) is 0 Å². The Labute approximate surface area is 186 Å². The maximum atomic E-state index is 13.1. The van der Waals surface area contributed by atoms with Gasteiger partial charge in [0.05, 0.1) is 0 Å². The fourth-order valence-electron chi connectivity index (χ4n) is 5.96. The lowest BCUT2D eigenvalue weighted by Crippen LogP contribution is -2.47. The number of amides is 1. The number of fused-ring (bicyclic) bond motifs is 2. The summed E-state index contributed by atoms with van der Waals surface area (Å²) >= 11 is 0. The molecule has 0 radical (unpaired) electrons. The zero-order chi connectivity index (χ0) is 21.3. The highest BCUT2D eigenvalue weighted by Crippen LogP contribution is 2.52. The average Bonchev–Trinajstić information content (AvgIpc) is 3.10. The number of nitrogens with zero attached hydrogens (tertiary/aromatic N) is 4. The first-order valence-electron chi connectivity index (χ1n) is 11.8. The summed E-state index contributed by atoms with van der Waals surface area (Å²) in [4.78, 5) is 24.2. The van der Waals surface area contributed by atoms with E-state index in [4.69, 9.17) is 0 Å². The van der Waals surface area contributed by atoms with Crippen molar-refractivity contribution in [3.8, 4) is 0 Å². The number of piperazine rings is 1. The number of rotatable bonds is 4. The standard InChI is InChI=1S/C26H34N4O/c1-28-14-16-30(17-15-28)25(31)18-22-19-26(24-5-3-2-4-23(22)24)8-12-29(13-9-26)20-21-6-10-27-11-7-21/h2-7,10-11,22H,8-9,12-20H2,1H3/t22-/m1/s1. The molecule has 5 nitrogen and oxygen atoms in total. The molecule has 2 aliphatic heterocycles. The van der Waals surface area contributed by atoms with Crippen molar-refractivity contribution in [2.45, 2.75) is 43.6 Å². The second kappa shape index (κ2) is 8.71. The van der Waals surface area contributed by atoms with E-state index < -0.39 is 0 Å². The predicted octanol–water partition coefficient (Wildman–Crippen LogP) is 3.27. The maximum absolute atomic E-state index is 13.1. The van der Waals surface area contributed by atoms with E-state index in [-0.39, 0.29) is 5.41 Å². The molecule has 2 saturated heterocycles. The van der Waals surface area contributed by atoms with Crippen LogP contribution in [0, 0.1) is 0 Å². The zero-order valence-electron chi connectivity index (χ0n) is 18.7. The molecule has 3 heterocycles. The minimum Gasteiger partial charge on any atom is -0.340 e. The first-order chi connectivity index (χ1) is 15.1. The van der Waals surface area contributed by atoms with Crippen molar-refractivity contribution in [1.82, 2.24) is 19.7 Å². The largest absolute Gasteiger partial charge is 0.340 e. The first-order valence-corrected chi connectivity index (χ1v) is 11.8. The van der Waals surface area contributed by atoms with E-state index in [1.165, 1.54) is 29.5 Å². The molecule has 0 unspecified atom stereocenters. The normalized spacial score (nSPS) is 23.8. The van der Waals surface area contributed by atoms with Crippen LogP contribution in [0.5, 0.6) is 0 Å². The Morgan fingerprint density at radius 3 is 2.45 bits per heavy atom.